The van der Waals surface area contributed by atoms with E-state index in [1.807, 2.05) is 0 Å². The highest BCUT2D eigenvalue weighted by molar-refractivity contribution is 4.91. The third-order valence-electron chi connectivity index (χ3n) is 3.62. The fraction of sp³-hybridized carbons (Fsp3) is 1.00. The van der Waals surface area contributed by atoms with Gasteiger partial charge in [0.05, 0.1) is 18.8 Å². The molecule has 4 heteroatoms. The van der Waals surface area contributed by atoms with Crippen molar-refractivity contribution in [2.45, 2.75) is 18.9 Å². The van der Waals surface area contributed by atoms with Gasteiger partial charge >= 0.3 is 0 Å². The number of hydrogen-bond acceptors (Lipinski definition) is 4. The molecule has 2 fully saturated rings. The lowest BCUT2D eigenvalue weighted by Gasteiger charge is -2.40. The summed E-state index contributed by atoms with van der Waals surface area (Å²) in [5, 5.41) is 0. The van der Waals surface area contributed by atoms with Gasteiger partial charge < -0.3 is 20.3 Å². The highest BCUT2D eigenvalue weighted by atomic mass is 16.5. The van der Waals surface area contributed by atoms with Crippen LogP contribution >= 0.6 is 0 Å². The van der Waals surface area contributed by atoms with E-state index in [4.69, 9.17) is 10.5 Å². The molecule has 0 unspecified atom stereocenters. The SMILES string of the molecule is CCN1CCN(CCC2(N)COC2)CC1. The predicted molar refractivity (Wildman–Crippen MR) is 60.9 cm³/mol. The number of likely N-dealkylation sites (N-methyl/N-ethyl adjacent to an activating group) is 1. The van der Waals surface area contributed by atoms with Crippen LogP contribution in [-0.2, 0) is 4.74 Å². The molecule has 2 aliphatic heterocycles. The Balaban J connectivity index is 1.64. The second-order valence-electron chi connectivity index (χ2n) is 4.88. The number of hydrogen-bond donors (Lipinski definition) is 1. The fourth-order valence-electron chi connectivity index (χ4n) is 2.22. The Hall–Kier alpha value is -0.160. The number of nitrogens with zero attached hydrogens (tertiary/aromatic N) is 2. The van der Waals surface area contributed by atoms with Crippen molar-refractivity contribution < 1.29 is 4.74 Å². The molecule has 0 amide bonds. The van der Waals surface area contributed by atoms with Crippen molar-refractivity contribution >= 4 is 0 Å². The summed E-state index contributed by atoms with van der Waals surface area (Å²) in [4.78, 5) is 5.03. The van der Waals surface area contributed by atoms with Crippen LogP contribution in [0.3, 0.4) is 0 Å². The van der Waals surface area contributed by atoms with Gasteiger partial charge in [-0.3, -0.25) is 0 Å². The Kier molecular flexibility index (Phi) is 3.61. The maximum Gasteiger partial charge on any atom is 0.0670 e. The molecule has 0 saturated carbocycles. The first-order valence-electron chi connectivity index (χ1n) is 6.03. The minimum atomic E-state index is -0.0120. The molecule has 0 bridgehead atoms. The second-order valence-corrected chi connectivity index (χ2v) is 4.88. The average molecular weight is 213 g/mol. The monoisotopic (exact) mass is 213 g/mol. The van der Waals surface area contributed by atoms with Gasteiger partial charge in [-0.1, -0.05) is 6.92 Å². The number of ether oxygens (including phenoxy) is 1. The van der Waals surface area contributed by atoms with Gasteiger partial charge in [0.2, 0.25) is 0 Å². The van der Waals surface area contributed by atoms with Crippen molar-refractivity contribution in [3.63, 3.8) is 0 Å². The molecule has 0 aromatic heterocycles. The van der Waals surface area contributed by atoms with Crippen molar-refractivity contribution in [2.24, 2.45) is 5.73 Å². The van der Waals surface area contributed by atoms with Crippen molar-refractivity contribution in [2.75, 3.05) is 52.5 Å². The van der Waals surface area contributed by atoms with Crippen LogP contribution in [0.25, 0.3) is 0 Å². The Morgan fingerprint density at radius 3 is 2.20 bits per heavy atom. The number of piperazine rings is 1. The fourth-order valence-corrected chi connectivity index (χ4v) is 2.22. The molecule has 2 N–H and O–H groups in total. The van der Waals surface area contributed by atoms with Gasteiger partial charge in [0.25, 0.3) is 0 Å². The molecule has 0 radical (unpaired) electrons. The maximum atomic E-state index is 6.11. The Morgan fingerprint density at radius 1 is 1.13 bits per heavy atom. The van der Waals surface area contributed by atoms with E-state index in [-0.39, 0.29) is 5.54 Å². The van der Waals surface area contributed by atoms with Crippen LogP contribution < -0.4 is 5.73 Å². The molecule has 2 rings (SSSR count). The smallest absolute Gasteiger partial charge is 0.0670 e. The molecule has 4 nitrogen and oxygen atoms in total. The molecular weight excluding hydrogens is 190 g/mol. The summed E-state index contributed by atoms with van der Waals surface area (Å²) in [6.45, 7) is 10.9. The molecule has 0 atom stereocenters. The Morgan fingerprint density at radius 2 is 1.73 bits per heavy atom. The van der Waals surface area contributed by atoms with Crippen LogP contribution in [0.15, 0.2) is 0 Å². The predicted octanol–water partition coefficient (Wildman–Crippen LogP) is -0.258. The largest absolute Gasteiger partial charge is 0.377 e. The van der Waals surface area contributed by atoms with Crippen LogP contribution in [-0.4, -0.2) is 67.8 Å². The van der Waals surface area contributed by atoms with Gasteiger partial charge in [-0.15, -0.1) is 0 Å². The number of rotatable bonds is 4. The van der Waals surface area contributed by atoms with Crippen molar-refractivity contribution in [3.05, 3.63) is 0 Å². The van der Waals surface area contributed by atoms with E-state index in [0.717, 1.165) is 26.2 Å². The summed E-state index contributed by atoms with van der Waals surface area (Å²) in [6.07, 6.45) is 1.08. The van der Waals surface area contributed by atoms with Crippen molar-refractivity contribution in [3.8, 4) is 0 Å². The second kappa shape index (κ2) is 4.78. The molecule has 2 aliphatic rings. The van der Waals surface area contributed by atoms with E-state index >= 15 is 0 Å². The molecular formula is C11H23N3O. The quantitative estimate of drug-likeness (QED) is 0.699. The minimum absolute atomic E-state index is 0.0120. The van der Waals surface area contributed by atoms with Gasteiger partial charge in [0.1, 0.15) is 0 Å². The van der Waals surface area contributed by atoms with Crippen LogP contribution in [0.4, 0.5) is 0 Å². The topological polar surface area (TPSA) is 41.7 Å². The lowest BCUT2D eigenvalue weighted by atomic mass is 9.94. The molecule has 88 valence electrons. The lowest BCUT2D eigenvalue weighted by Crippen LogP contribution is -2.59. The van der Waals surface area contributed by atoms with Crippen LogP contribution in [0.2, 0.25) is 0 Å². The van der Waals surface area contributed by atoms with E-state index in [9.17, 15) is 0 Å². The first-order valence-corrected chi connectivity index (χ1v) is 6.03. The van der Waals surface area contributed by atoms with E-state index in [1.165, 1.54) is 32.7 Å². The van der Waals surface area contributed by atoms with Gasteiger partial charge in [-0.25, -0.2) is 0 Å². The Bertz CT molecular complexity index is 198. The van der Waals surface area contributed by atoms with Gasteiger partial charge in [-0.05, 0) is 13.0 Å². The summed E-state index contributed by atoms with van der Waals surface area (Å²) in [5.74, 6) is 0. The Labute approximate surface area is 92.4 Å². The first-order chi connectivity index (χ1) is 7.22. The zero-order valence-corrected chi connectivity index (χ0v) is 9.74. The lowest BCUT2D eigenvalue weighted by molar-refractivity contribution is -0.0615. The van der Waals surface area contributed by atoms with Crippen molar-refractivity contribution in [1.82, 2.24) is 9.80 Å². The summed E-state index contributed by atoms with van der Waals surface area (Å²) in [7, 11) is 0. The molecule has 0 aliphatic carbocycles. The molecule has 0 aromatic carbocycles. The first kappa shape index (κ1) is 11.3. The summed E-state index contributed by atoms with van der Waals surface area (Å²) in [5.41, 5.74) is 6.10. The van der Waals surface area contributed by atoms with Gasteiger partial charge in [0.15, 0.2) is 0 Å². The molecule has 0 spiro atoms. The molecule has 2 saturated heterocycles. The molecule has 2 heterocycles. The van der Waals surface area contributed by atoms with E-state index < -0.39 is 0 Å². The van der Waals surface area contributed by atoms with Crippen LogP contribution in [0, 0.1) is 0 Å². The van der Waals surface area contributed by atoms with E-state index in [0.29, 0.717) is 0 Å². The number of nitrogens with two attached hydrogens (primary N) is 1. The van der Waals surface area contributed by atoms with Crippen LogP contribution in [0.1, 0.15) is 13.3 Å². The third kappa shape index (κ3) is 2.91. The van der Waals surface area contributed by atoms with Gasteiger partial charge in [-0.2, -0.15) is 0 Å². The summed E-state index contributed by atoms with van der Waals surface area (Å²) < 4.78 is 5.16. The summed E-state index contributed by atoms with van der Waals surface area (Å²) in [6, 6.07) is 0. The normalized spacial score (nSPS) is 27.6. The molecule has 15 heavy (non-hydrogen) atoms. The highest BCUT2D eigenvalue weighted by Crippen LogP contribution is 2.18. The average Bonchev–Trinajstić information content (AvgIpc) is 2.24. The van der Waals surface area contributed by atoms with E-state index in [1.54, 1.807) is 0 Å². The third-order valence-corrected chi connectivity index (χ3v) is 3.62. The zero-order chi connectivity index (χ0) is 10.7. The maximum absolute atomic E-state index is 6.11. The zero-order valence-electron chi connectivity index (χ0n) is 9.74. The van der Waals surface area contributed by atoms with Crippen LogP contribution in [0.5, 0.6) is 0 Å². The van der Waals surface area contributed by atoms with E-state index in [2.05, 4.69) is 16.7 Å². The minimum Gasteiger partial charge on any atom is -0.377 e. The molecule has 0 aromatic rings. The summed E-state index contributed by atoms with van der Waals surface area (Å²) >= 11 is 0. The van der Waals surface area contributed by atoms with Crippen molar-refractivity contribution in [1.29, 1.82) is 0 Å². The standard InChI is InChI=1S/C11H23N3O/c1-2-13-5-7-14(8-6-13)4-3-11(12)9-15-10-11/h2-10,12H2,1H3. The van der Waals surface area contributed by atoms with Gasteiger partial charge in [0, 0.05) is 32.7 Å². The highest BCUT2D eigenvalue weighted by Gasteiger charge is 2.34.